The summed E-state index contributed by atoms with van der Waals surface area (Å²) >= 11 is 5.86. The van der Waals surface area contributed by atoms with Gasteiger partial charge in [0, 0.05) is 22.0 Å². The first-order chi connectivity index (χ1) is 13.5. The topological polar surface area (TPSA) is 67.4 Å². The summed E-state index contributed by atoms with van der Waals surface area (Å²) in [5.74, 6) is 0.676. The number of halogens is 1. The maximum Gasteiger partial charge on any atom is 0.323 e. The zero-order chi connectivity index (χ0) is 19.9. The predicted molar refractivity (Wildman–Crippen MR) is 111 cm³/mol. The van der Waals surface area contributed by atoms with Crippen molar-refractivity contribution in [1.82, 2.24) is 0 Å². The zero-order valence-corrected chi connectivity index (χ0v) is 16.0. The van der Waals surface area contributed by atoms with Crippen LogP contribution in [-0.4, -0.2) is 11.8 Å². The Kier molecular flexibility index (Phi) is 6.29. The fourth-order valence-electron chi connectivity index (χ4n) is 2.46. The van der Waals surface area contributed by atoms with Gasteiger partial charge in [-0.2, -0.15) is 0 Å². The number of hydrogen-bond donors (Lipinski definition) is 2. The van der Waals surface area contributed by atoms with Gasteiger partial charge in [0.15, 0.2) is 5.78 Å². The third-order valence-electron chi connectivity index (χ3n) is 3.98. The van der Waals surface area contributed by atoms with Gasteiger partial charge in [-0.05, 0) is 73.2 Å². The van der Waals surface area contributed by atoms with Crippen LogP contribution >= 0.6 is 11.6 Å². The summed E-state index contributed by atoms with van der Waals surface area (Å²) in [5.41, 5.74) is 2.85. The number of ketones is 1. The average molecular weight is 395 g/mol. The average Bonchev–Trinajstić information content (AvgIpc) is 2.69. The quantitative estimate of drug-likeness (QED) is 0.522. The van der Waals surface area contributed by atoms with Crippen LogP contribution in [0, 0.1) is 0 Å². The number of nitrogens with one attached hydrogen (secondary N) is 2. The van der Waals surface area contributed by atoms with Crippen LogP contribution in [0.15, 0.2) is 72.8 Å². The summed E-state index contributed by atoms with van der Waals surface area (Å²) in [6.07, 6.45) is 0. The van der Waals surface area contributed by atoms with Crippen molar-refractivity contribution in [2.45, 2.75) is 13.5 Å². The maximum atomic E-state index is 12.1. The van der Waals surface area contributed by atoms with Crippen LogP contribution in [0.2, 0.25) is 5.02 Å². The third kappa shape index (κ3) is 5.59. The molecule has 0 atom stereocenters. The number of ether oxygens (including phenoxy) is 1. The normalized spacial score (nSPS) is 10.2. The molecule has 0 aromatic heterocycles. The number of carbonyl (C=O) groups is 2. The van der Waals surface area contributed by atoms with E-state index in [2.05, 4.69) is 10.6 Å². The van der Waals surface area contributed by atoms with Crippen LogP contribution < -0.4 is 15.4 Å². The molecule has 0 saturated heterocycles. The molecular formula is C22H19ClN2O3. The van der Waals surface area contributed by atoms with E-state index in [1.807, 2.05) is 24.3 Å². The lowest BCUT2D eigenvalue weighted by Crippen LogP contribution is -2.19. The number of Topliss-reactive ketones (excluding diaryl/α,β-unsaturated/α-hetero) is 1. The molecule has 0 unspecified atom stereocenters. The van der Waals surface area contributed by atoms with Crippen LogP contribution in [0.4, 0.5) is 16.2 Å². The first-order valence-electron chi connectivity index (χ1n) is 8.66. The number of rotatable bonds is 6. The second kappa shape index (κ2) is 9.06. The Hall–Kier alpha value is -3.31. The van der Waals surface area contributed by atoms with E-state index >= 15 is 0 Å². The van der Waals surface area contributed by atoms with E-state index in [4.69, 9.17) is 16.3 Å². The molecule has 0 radical (unpaired) electrons. The molecule has 0 aliphatic heterocycles. The predicted octanol–water partition coefficient (Wildman–Crippen LogP) is 5.77. The monoisotopic (exact) mass is 394 g/mol. The van der Waals surface area contributed by atoms with E-state index in [-0.39, 0.29) is 11.8 Å². The summed E-state index contributed by atoms with van der Waals surface area (Å²) in [6.45, 7) is 1.93. The third-order valence-corrected chi connectivity index (χ3v) is 4.23. The Bertz CT molecular complexity index is 953. The van der Waals surface area contributed by atoms with Crippen LogP contribution in [0.1, 0.15) is 22.8 Å². The maximum absolute atomic E-state index is 12.1. The highest BCUT2D eigenvalue weighted by atomic mass is 35.5. The molecule has 2 amide bonds. The van der Waals surface area contributed by atoms with Gasteiger partial charge in [0.25, 0.3) is 0 Å². The second-order valence-corrected chi connectivity index (χ2v) is 6.59. The van der Waals surface area contributed by atoms with E-state index < -0.39 is 0 Å². The number of urea groups is 1. The molecule has 0 aliphatic carbocycles. The van der Waals surface area contributed by atoms with Crippen molar-refractivity contribution in [3.8, 4) is 5.75 Å². The molecule has 5 nitrogen and oxygen atoms in total. The van der Waals surface area contributed by atoms with Gasteiger partial charge in [0.05, 0.1) is 0 Å². The van der Waals surface area contributed by atoms with Gasteiger partial charge in [-0.3, -0.25) is 4.79 Å². The van der Waals surface area contributed by atoms with Crippen LogP contribution in [0.25, 0.3) is 0 Å². The number of anilines is 2. The molecule has 0 saturated carbocycles. The number of amides is 2. The van der Waals surface area contributed by atoms with Gasteiger partial charge in [0.2, 0.25) is 0 Å². The van der Waals surface area contributed by atoms with Gasteiger partial charge >= 0.3 is 6.03 Å². The van der Waals surface area contributed by atoms with Crippen LogP contribution in [0.3, 0.4) is 0 Å². The van der Waals surface area contributed by atoms with Crippen LogP contribution in [-0.2, 0) is 6.61 Å². The fourth-order valence-corrected chi connectivity index (χ4v) is 2.59. The van der Waals surface area contributed by atoms with E-state index in [9.17, 15) is 9.59 Å². The number of hydrogen-bond acceptors (Lipinski definition) is 3. The summed E-state index contributed by atoms with van der Waals surface area (Å²) < 4.78 is 5.72. The molecule has 0 aliphatic rings. The first kappa shape index (κ1) is 19.5. The molecule has 0 heterocycles. The van der Waals surface area contributed by atoms with E-state index in [0.717, 1.165) is 5.56 Å². The lowest BCUT2D eigenvalue weighted by Gasteiger charge is -2.10. The van der Waals surface area contributed by atoms with Gasteiger partial charge in [-0.15, -0.1) is 0 Å². The van der Waals surface area contributed by atoms with Gasteiger partial charge in [0.1, 0.15) is 12.4 Å². The molecule has 0 spiro atoms. The SMILES string of the molecule is CC(=O)c1ccc(NC(=O)Nc2ccc(OCc3ccc(Cl)cc3)cc2)cc1. The van der Waals surface area contributed by atoms with Crippen molar-refractivity contribution in [3.63, 3.8) is 0 Å². The standard InChI is InChI=1S/C22H19ClN2O3/c1-15(26)17-4-8-19(9-5-17)24-22(27)25-20-10-12-21(13-11-20)28-14-16-2-6-18(23)7-3-16/h2-13H,14H2,1H3,(H2,24,25,27). The van der Waals surface area contributed by atoms with Gasteiger partial charge in [-0.1, -0.05) is 23.7 Å². The zero-order valence-electron chi connectivity index (χ0n) is 15.2. The molecule has 0 bridgehead atoms. The van der Waals surface area contributed by atoms with Gasteiger partial charge < -0.3 is 15.4 Å². The van der Waals surface area contributed by atoms with Crippen molar-refractivity contribution in [2.75, 3.05) is 10.6 Å². The molecule has 3 rings (SSSR count). The second-order valence-electron chi connectivity index (χ2n) is 6.15. The summed E-state index contributed by atoms with van der Waals surface area (Å²) in [6, 6.07) is 20.9. The minimum atomic E-state index is -0.370. The molecule has 28 heavy (non-hydrogen) atoms. The first-order valence-corrected chi connectivity index (χ1v) is 9.04. The fraction of sp³-hybridized carbons (Fsp3) is 0.0909. The Labute approximate surface area is 168 Å². The van der Waals surface area contributed by atoms with E-state index in [1.54, 1.807) is 48.5 Å². The van der Waals surface area contributed by atoms with Crippen molar-refractivity contribution in [3.05, 3.63) is 88.9 Å². The highest BCUT2D eigenvalue weighted by Crippen LogP contribution is 2.18. The molecule has 142 valence electrons. The lowest BCUT2D eigenvalue weighted by molar-refractivity contribution is 0.101. The highest BCUT2D eigenvalue weighted by molar-refractivity contribution is 6.30. The smallest absolute Gasteiger partial charge is 0.323 e. The lowest BCUT2D eigenvalue weighted by atomic mass is 10.1. The Balaban J connectivity index is 1.51. The summed E-state index contributed by atoms with van der Waals surface area (Å²) in [7, 11) is 0. The van der Waals surface area contributed by atoms with Crippen LogP contribution in [0.5, 0.6) is 5.75 Å². The van der Waals surface area contributed by atoms with E-state index in [0.29, 0.717) is 34.3 Å². The Morgan fingerprint density at radius 2 is 1.36 bits per heavy atom. The molecule has 3 aromatic carbocycles. The largest absolute Gasteiger partial charge is 0.489 e. The molecule has 6 heteroatoms. The van der Waals surface area contributed by atoms with Gasteiger partial charge in [-0.25, -0.2) is 4.79 Å². The Morgan fingerprint density at radius 1 is 0.821 bits per heavy atom. The van der Waals surface area contributed by atoms with Crippen molar-refractivity contribution in [1.29, 1.82) is 0 Å². The Morgan fingerprint density at radius 3 is 1.89 bits per heavy atom. The summed E-state index contributed by atoms with van der Waals surface area (Å²) in [5, 5.41) is 6.15. The number of carbonyl (C=O) groups excluding carboxylic acids is 2. The molecule has 3 aromatic rings. The minimum Gasteiger partial charge on any atom is -0.489 e. The summed E-state index contributed by atoms with van der Waals surface area (Å²) in [4.78, 5) is 23.4. The number of benzene rings is 3. The van der Waals surface area contributed by atoms with E-state index in [1.165, 1.54) is 6.92 Å². The molecular weight excluding hydrogens is 376 g/mol. The molecule has 2 N–H and O–H groups in total. The van der Waals surface area contributed by atoms with Crippen molar-refractivity contribution >= 4 is 34.8 Å². The molecule has 0 fully saturated rings. The highest BCUT2D eigenvalue weighted by Gasteiger charge is 2.05. The van der Waals surface area contributed by atoms with Crippen molar-refractivity contribution < 1.29 is 14.3 Å². The van der Waals surface area contributed by atoms with Crippen molar-refractivity contribution in [2.24, 2.45) is 0 Å². The minimum absolute atomic E-state index is 0.0191.